The van der Waals surface area contributed by atoms with Gasteiger partial charge in [0, 0.05) is 6.54 Å². The van der Waals surface area contributed by atoms with Crippen molar-refractivity contribution in [1.29, 1.82) is 0 Å². The first-order valence-electron chi connectivity index (χ1n) is 7.51. The molecule has 5 heteroatoms. The summed E-state index contributed by atoms with van der Waals surface area (Å²) in [7, 11) is 0. The fourth-order valence-electron chi connectivity index (χ4n) is 2.28. The molecule has 0 aliphatic heterocycles. The van der Waals surface area contributed by atoms with E-state index >= 15 is 0 Å². The summed E-state index contributed by atoms with van der Waals surface area (Å²) in [5.41, 5.74) is 3.15. The first-order valence-corrected chi connectivity index (χ1v) is 8.30. The SMILES string of the molecule is CCN(CC)CCCNC(=S)Nc1c(C)cc(C)cc1Cl. The second-order valence-electron chi connectivity index (χ2n) is 5.20. The van der Waals surface area contributed by atoms with Gasteiger partial charge in [-0.1, -0.05) is 31.5 Å². The van der Waals surface area contributed by atoms with Crippen LogP contribution in [0, 0.1) is 13.8 Å². The van der Waals surface area contributed by atoms with Crippen LogP contribution in [0.5, 0.6) is 0 Å². The van der Waals surface area contributed by atoms with Crippen LogP contribution in [0.1, 0.15) is 31.4 Å². The highest BCUT2D eigenvalue weighted by molar-refractivity contribution is 7.80. The predicted molar refractivity (Wildman–Crippen MR) is 97.6 cm³/mol. The molecule has 0 fully saturated rings. The first kappa shape index (κ1) is 18.2. The average Bonchev–Trinajstić information content (AvgIpc) is 2.43. The number of nitrogens with zero attached hydrogens (tertiary/aromatic N) is 1. The van der Waals surface area contributed by atoms with Gasteiger partial charge in [0.25, 0.3) is 0 Å². The molecule has 2 N–H and O–H groups in total. The van der Waals surface area contributed by atoms with Crippen LogP contribution < -0.4 is 10.6 Å². The van der Waals surface area contributed by atoms with Crippen LogP contribution in [0.15, 0.2) is 12.1 Å². The first-order chi connectivity index (χ1) is 9.97. The lowest BCUT2D eigenvalue weighted by atomic mass is 10.1. The van der Waals surface area contributed by atoms with E-state index in [2.05, 4.69) is 35.4 Å². The highest BCUT2D eigenvalue weighted by atomic mass is 35.5. The third-order valence-electron chi connectivity index (χ3n) is 3.50. The van der Waals surface area contributed by atoms with Gasteiger partial charge in [-0.25, -0.2) is 0 Å². The third kappa shape index (κ3) is 6.20. The summed E-state index contributed by atoms with van der Waals surface area (Å²) in [6.07, 6.45) is 1.07. The number of halogens is 1. The zero-order valence-corrected chi connectivity index (χ0v) is 15.0. The molecule has 0 radical (unpaired) electrons. The number of hydrogen-bond acceptors (Lipinski definition) is 2. The van der Waals surface area contributed by atoms with Gasteiger partial charge in [-0.3, -0.25) is 0 Å². The number of nitrogens with one attached hydrogen (secondary N) is 2. The Morgan fingerprint density at radius 1 is 1.24 bits per heavy atom. The number of rotatable bonds is 7. The summed E-state index contributed by atoms with van der Waals surface area (Å²) >= 11 is 11.6. The minimum Gasteiger partial charge on any atom is -0.362 e. The minimum absolute atomic E-state index is 0.628. The molecule has 0 unspecified atom stereocenters. The van der Waals surface area contributed by atoms with Crippen molar-refractivity contribution in [2.24, 2.45) is 0 Å². The van der Waals surface area contributed by atoms with Gasteiger partial charge < -0.3 is 15.5 Å². The lowest BCUT2D eigenvalue weighted by molar-refractivity contribution is 0.300. The fourth-order valence-corrected chi connectivity index (χ4v) is 2.85. The Bertz CT molecular complexity index is 450. The van der Waals surface area contributed by atoms with Gasteiger partial charge >= 0.3 is 0 Å². The fraction of sp³-hybridized carbons (Fsp3) is 0.562. The number of thiocarbonyl (C=S) groups is 1. The van der Waals surface area contributed by atoms with E-state index in [9.17, 15) is 0 Å². The van der Waals surface area contributed by atoms with Crippen molar-refractivity contribution in [3.8, 4) is 0 Å². The number of benzene rings is 1. The standard InChI is InChI=1S/C16H26ClN3S/c1-5-20(6-2)9-7-8-18-16(21)19-15-13(4)10-12(3)11-14(15)17/h10-11H,5-9H2,1-4H3,(H2,18,19,21). The topological polar surface area (TPSA) is 27.3 Å². The lowest BCUT2D eigenvalue weighted by Gasteiger charge is -2.18. The number of anilines is 1. The molecular weight excluding hydrogens is 302 g/mol. The molecule has 0 spiro atoms. The highest BCUT2D eigenvalue weighted by Crippen LogP contribution is 2.27. The summed E-state index contributed by atoms with van der Waals surface area (Å²) in [6.45, 7) is 12.6. The largest absolute Gasteiger partial charge is 0.362 e. The van der Waals surface area contributed by atoms with Gasteiger partial charge in [0.1, 0.15) is 0 Å². The Labute approximate surface area is 139 Å². The molecule has 0 atom stereocenters. The summed E-state index contributed by atoms with van der Waals surface area (Å²) in [4.78, 5) is 2.40. The van der Waals surface area contributed by atoms with Gasteiger partial charge in [-0.05, 0) is 69.3 Å². The van der Waals surface area contributed by atoms with Crippen LogP contribution in [0.25, 0.3) is 0 Å². The van der Waals surface area contributed by atoms with Crippen molar-refractivity contribution in [2.75, 3.05) is 31.5 Å². The Kier molecular flexibility index (Phi) is 8.01. The molecule has 1 aromatic rings. The van der Waals surface area contributed by atoms with Crippen molar-refractivity contribution < 1.29 is 0 Å². The maximum absolute atomic E-state index is 6.26. The Balaban J connectivity index is 2.41. The second kappa shape index (κ2) is 9.23. The molecule has 0 saturated carbocycles. The van der Waals surface area contributed by atoms with Gasteiger partial charge in [0.15, 0.2) is 5.11 Å². The van der Waals surface area contributed by atoms with Crippen molar-refractivity contribution >= 4 is 34.6 Å². The van der Waals surface area contributed by atoms with E-state index in [0.717, 1.165) is 49.4 Å². The zero-order valence-electron chi connectivity index (χ0n) is 13.4. The summed E-state index contributed by atoms with van der Waals surface area (Å²) < 4.78 is 0. The summed E-state index contributed by atoms with van der Waals surface area (Å²) in [6, 6.07) is 4.04. The molecule has 3 nitrogen and oxygen atoms in total. The van der Waals surface area contributed by atoms with Crippen LogP contribution in [0.3, 0.4) is 0 Å². The van der Waals surface area contributed by atoms with E-state index < -0.39 is 0 Å². The Morgan fingerprint density at radius 3 is 2.48 bits per heavy atom. The molecule has 0 heterocycles. The van der Waals surface area contributed by atoms with Crippen molar-refractivity contribution in [2.45, 2.75) is 34.1 Å². The monoisotopic (exact) mass is 327 g/mol. The van der Waals surface area contributed by atoms with Crippen molar-refractivity contribution in [3.05, 3.63) is 28.3 Å². The highest BCUT2D eigenvalue weighted by Gasteiger charge is 2.07. The van der Waals surface area contributed by atoms with E-state index in [0.29, 0.717) is 10.1 Å². The molecule has 1 aromatic carbocycles. The molecule has 0 aliphatic carbocycles. The van der Waals surface area contributed by atoms with Gasteiger partial charge in [0.05, 0.1) is 10.7 Å². The second-order valence-corrected chi connectivity index (χ2v) is 6.02. The smallest absolute Gasteiger partial charge is 0.170 e. The predicted octanol–water partition coefficient (Wildman–Crippen LogP) is 3.98. The van der Waals surface area contributed by atoms with Crippen molar-refractivity contribution in [1.82, 2.24) is 10.2 Å². The molecule has 0 amide bonds. The van der Waals surface area contributed by atoms with Crippen molar-refractivity contribution in [3.63, 3.8) is 0 Å². The van der Waals surface area contributed by atoms with Crippen LogP contribution in [-0.4, -0.2) is 36.2 Å². The van der Waals surface area contributed by atoms with E-state index in [1.807, 2.05) is 19.9 Å². The molecule has 0 saturated heterocycles. The molecule has 0 aromatic heterocycles. The maximum atomic E-state index is 6.26. The minimum atomic E-state index is 0.628. The van der Waals surface area contributed by atoms with Crippen LogP contribution >= 0.6 is 23.8 Å². The molecule has 0 aliphatic rings. The lowest BCUT2D eigenvalue weighted by Crippen LogP contribution is -2.32. The van der Waals surface area contributed by atoms with Crippen LogP contribution in [0.2, 0.25) is 5.02 Å². The van der Waals surface area contributed by atoms with E-state index in [1.54, 1.807) is 0 Å². The molecule has 1 rings (SSSR count). The molecule has 118 valence electrons. The number of hydrogen-bond donors (Lipinski definition) is 2. The average molecular weight is 328 g/mol. The normalized spacial score (nSPS) is 10.8. The summed E-state index contributed by atoms with van der Waals surface area (Å²) in [5, 5.41) is 7.77. The van der Waals surface area contributed by atoms with Gasteiger partial charge in [0.2, 0.25) is 0 Å². The molecule has 21 heavy (non-hydrogen) atoms. The van der Waals surface area contributed by atoms with E-state index in [4.69, 9.17) is 23.8 Å². The summed E-state index contributed by atoms with van der Waals surface area (Å²) in [5.74, 6) is 0. The Morgan fingerprint density at radius 2 is 1.90 bits per heavy atom. The van der Waals surface area contributed by atoms with Gasteiger partial charge in [-0.15, -0.1) is 0 Å². The van der Waals surface area contributed by atoms with E-state index in [1.165, 1.54) is 0 Å². The van der Waals surface area contributed by atoms with Gasteiger partial charge in [-0.2, -0.15) is 0 Å². The van der Waals surface area contributed by atoms with Crippen LogP contribution in [0.4, 0.5) is 5.69 Å². The zero-order chi connectivity index (χ0) is 15.8. The van der Waals surface area contributed by atoms with E-state index in [-0.39, 0.29) is 0 Å². The quantitative estimate of drug-likeness (QED) is 0.585. The molecule has 0 bridgehead atoms. The maximum Gasteiger partial charge on any atom is 0.170 e. The van der Waals surface area contributed by atoms with Crippen LogP contribution in [-0.2, 0) is 0 Å². The third-order valence-corrected chi connectivity index (χ3v) is 4.05. The number of aryl methyl sites for hydroxylation is 2. The Hall–Kier alpha value is -0.840. The molecular formula is C16H26ClN3S.